The van der Waals surface area contributed by atoms with Gasteiger partial charge in [0.1, 0.15) is 5.84 Å². The molecule has 0 spiro atoms. The van der Waals surface area contributed by atoms with Crippen molar-refractivity contribution in [2.75, 3.05) is 33.5 Å². The van der Waals surface area contributed by atoms with Gasteiger partial charge in [0.25, 0.3) is 0 Å². The second-order valence-corrected chi connectivity index (χ2v) is 6.24. The van der Waals surface area contributed by atoms with Crippen LogP contribution in [0.3, 0.4) is 0 Å². The molecule has 116 valence electrons. The Bertz CT molecular complexity index is 332. The summed E-state index contributed by atoms with van der Waals surface area (Å²) in [5, 5.41) is 0. The minimum Gasteiger partial charge on any atom is -0.382 e. The first-order valence-electron chi connectivity index (χ1n) is 7.53. The van der Waals surface area contributed by atoms with Crippen LogP contribution >= 0.6 is 0 Å². The Morgan fingerprint density at radius 2 is 2.10 bits per heavy atom. The van der Waals surface area contributed by atoms with Crippen LogP contribution in [0.2, 0.25) is 0 Å². The molecule has 4 nitrogen and oxygen atoms in total. The van der Waals surface area contributed by atoms with Crippen LogP contribution in [-0.2, 0) is 9.47 Å². The molecule has 0 saturated carbocycles. The van der Waals surface area contributed by atoms with E-state index in [9.17, 15) is 0 Å². The molecule has 0 aromatic carbocycles. The third kappa shape index (κ3) is 5.25. The molecule has 1 atom stereocenters. The molecule has 0 aromatic heterocycles. The first-order valence-corrected chi connectivity index (χ1v) is 7.53. The number of allylic oxidation sites excluding steroid dienone is 1. The number of aliphatic imine (C=N–C) groups is 1. The highest BCUT2D eigenvalue weighted by molar-refractivity contribution is 5.88. The maximum Gasteiger partial charge on any atom is 0.110 e. The van der Waals surface area contributed by atoms with Gasteiger partial charge in [-0.15, -0.1) is 0 Å². The van der Waals surface area contributed by atoms with Gasteiger partial charge in [-0.25, -0.2) is 4.99 Å². The average Bonchev–Trinajstić information content (AvgIpc) is 2.82. The molecule has 0 radical (unpaired) electrons. The maximum atomic E-state index is 5.72. The first-order chi connectivity index (χ1) is 9.50. The van der Waals surface area contributed by atoms with Crippen LogP contribution < -0.4 is 0 Å². The van der Waals surface area contributed by atoms with Gasteiger partial charge >= 0.3 is 0 Å². The van der Waals surface area contributed by atoms with E-state index in [1.54, 1.807) is 7.11 Å². The Morgan fingerprint density at radius 3 is 2.70 bits per heavy atom. The van der Waals surface area contributed by atoms with E-state index in [0.717, 1.165) is 19.0 Å². The van der Waals surface area contributed by atoms with Crippen molar-refractivity contribution in [1.82, 2.24) is 4.90 Å². The number of amidine groups is 1. The fraction of sp³-hybridized carbons (Fsp3) is 0.812. The molecule has 1 rings (SSSR count). The minimum atomic E-state index is 0.0502. The molecule has 4 heteroatoms. The lowest BCUT2D eigenvalue weighted by molar-refractivity contribution is 0.0499. The monoisotopic (exact) mass is 282 g/mol. The van der Waals surface area contributed by atoms with Crippen molar-refractivity contribution in [1.29, 1.82) is 0 Å². The second kappa shape index (κ2) is 8.42. The third-order valence-electron chi connectivity index (χ3n) is 3.41. The molecule has 0 N–H and O–H groups in total. The molecule has 1 fully saturated rings. The fourth-order valence-electron chi connectivity index (χ4n) is 2.49. The summed E-state index contributed by atoms with van der Waals surface area (Å²) in [7, 11) is 1.70. The molecule has 0 amide bonds. The number of nitrogens with zero attached hydrogens (tertiary/aromatic N) is 2. The Balaban J connectivity index is 2.69. The van der Waals surface area contributed by atoms with Gasteiger partial charge in [0.05, 0.1) is 25.9 Å². The molecule has 0 bridgehead atoms. The molecule has 1 heterocycles. The number of likely N-dealkylation sites (tertiary alicyclic amines) is 1. The van der Waals surface area contributed by atoms with E-state index < -0.39 is 0 Å². The van der Waals surface area contributed by atoms with Gasteiger partial charge in [0, 0.05) is 25.3 Å². The standard InChI is InChI=1S/C16H30N2O2/c1-6-9-17-15(16(2,3)4)18-10-7-8-14(18)13-20-12-11-19-5/h6,9,14H,7-8,10-13H2,1-5H3/b9-6+,17-15?/t14-/m0/s1. The second-order valence-electron chi connectivity index (χ2n) is 6.24. The van der Waals surface area contributed by atoms with Crippen LogP contribution in [0.15, 0.2) is 17.3 Å². The van der Waals surface area contributed by atoms with E-state index in [4.69, 9.17) is 9.47 Å². The molecule has 1 aliphatic rings. The van der Waals surface area contributed by atoms with Crippen molar-refractivity contribution in [3.63, 3.8) is 0 Å². The summed E-state index contributed by atoms with van der Waals surface area (Å²) in [4.78, 5) is 7.10. The van der Waals surface area contributed by atoms with Gasteiger partial charge in [-0.2, -0.15) is 0 Å². The topological polar surface area (TPSA) is 34.1 Å². The van der Waals surface area contributed by atoms with E-state index in [1.165, 1.54) is 12.8 Å². The van der Waals surface area contributed by atoms with E-state index in [-0.39, 0.29) is 5.41 Å². The molecule has 0 aromatic rings. The zero-order valence-corrected chi connectivity index (χ0v) is 13.7. The summed E-state index contributed by atoms with van der Waals surface area (Å²) in [5.41, 5.74) is 0.0502. The van der Waals surface area contributed by atoms with Crippen LogP contribution in [-0.4, -0.2) is 50.3 Å². The fourth-order valence-corrected chi connectivity index (χ4v) is 2.49. The van der Waals surface area contributed by atoms with Crippen molar-refractivity contribution in [2.24, 2.45) is 10.4 Å². The molecule has 20 heavy (non-hydrogen) atoms. The average molecular weight is 282 g/mol. The predicted molar refractivity (Wildman–Crippen MR) is 84.1 cm³/mol. The van der Waals surface area contributed by atoms with Crippen molar-refractivity contribution in [2.45, 2.75) is 46.6 Å². The lowest BCUT2D eigenvalue weighted by Gasteiger charge is -2.34. The predicted octanol–water partition coefficient (Wildman–Crippen LogP) is 3.09. The Labute approximate surface area is 123 Å². The summed E-state index contributed by atoms with van der Waals surface area (Å²) in [6, 6.07) is 0.440. The zero-order chi connectivity index (χ0) is 15.0. The molecule has 1 saturated heterocycles. The van der Waals surface area contributed by atoms with Crippen LogP contribution in [0.25, 0.3) is 0 Å². The number of rotatable bonds is 6. The summed E-state index contributed by atoms with van der Waals surface area (Å²) < 4.78 is 10.7. The van der Waals surface area contributed by atoms with Crippen molar-refractivity contribution in [3.8, 4) is 0 Å². The number of methoxy groups -OCH3 is 1. The van der Waals surface area contributed by atoms with Crippen LogP contribution in [0.4, 0.5) is 0 Å². The highest BCUT2D eigenvalue weighted by atomic mass is 16.5. The number of hydrogen-bond donors (Lipinski definition) is 0. The molecular weight excluding hydrogens is 252 g/mol. The Hall–Kier alpha value is -0.870. The summed E-state index contributed by atoms with van der Waals surface area (Å²) in [6.45, 7) is 11.8. The van der Waals surface area contributed by atoms with Crippen LogP contribution in [0.1, 0.15) is 40.5 Å². The molecular formula is C16H30N2O2. The van der Waals surface area contributed by atoms with Crippen LogP contribution in [0.5, 0.6) is 0 Å². The molecule has 1 aliphatic heterocycles. The Kier molecular flexibility index (Phi) is 7.24. The van der Waals surface area contributed by atoms with E-state index in [2.05, 4.69) is 30.7 Å². The quantitative estimate of drug-likeness (QED) is 0.426. The molecule has 0 unspecified atom stereocenters. The van der Waals surface area contributed by atoms with E-state index in [1.807, 2.05) is 19.2 Å². The highest BCUT2D eigenvalue weighted by Gasteiger charge is 2.33. The van der Waals surface area contributed by atoms with Gasteiger partial charge in [-0.3, -0.25) is 0 Å². The summed E-state index contributed by atoms with van der Waals surface area (Å²) >= 11 is 0. The number of hydrogen-bond acceptors (Lipinski definition) is 3. The smallest absolute Gasteiger partial charge is 0.110 e. The highest BCUT2D eigenvalue weighted by Crippen LogP contribution is 2.27. The maximum absolute atomic E-state index is 5.72. The SMILES string of the molecule is C/C=C/N=C(N1CCC[C@H]1COCCOC)C(C)(C)C. The summed E-state index contributed by atoms with van der Waals surface area (Å²) in [6.07, 6.45) is 6.26. The van der Waals surface area contributed by atoms with Crippen molar-refractivity contribution >= 4 is 5.84 Å². The normalized spacial score (nSPS) is 21.1. The Morgan fingerprint density at radius 1 is 1.35 bits per heavy atom. The van der Waals surface area contributed by atoms with Gasteiger partial charge in [0.15, 0.2) is 0 Å². The molecule has 0 aliphatic carbocycles. The van der Waals surface area contributed by atoms with Crippen molar-refractivity contribution in [3.05, 3.63) is 12.3 Å². The van der Waals surface area contributed by atoms with Crippen LogP contribution in [0, 0.1) is 5.41 Å². The largest absolute Gasteiger partial charge is 0.382 e. The third-order valence-corrected chi connectivity index (χ3v) is 3.41. The van der Waals surface area contributed by atoms with E-state index in [0.29, 0.717) is 19.3 Å². The minimum absolute atomic E-state index is 0.0502. The van der Waals surface area contributed by atoms with Gasteiger partial charge in [0.2, 0.25) is 0 Å². The van der Waals surface area contributed by atoms with Gasteiger partial charge < -0.3 is 14.4 Å². The lowest BCUT2D eigenvalue weighted by atomic mass is 9.93. The van der Waals surface area contributed by atoms with E-state index >= 15 is 0 Å². The zero-order valence-electron chi connectivity index (χ0n) is 13.7. The first kappa shape index (κ1) is 17.2. The van der Waals surface area contributed by atoms with Gasteiger partial charge in [-0.05, 0) is 19.8 Å². The van der Waals surface area contributed by atoms with Gasteiger partial charge in [-0.1, -0.05) is 26.8 Å². The lowest BCUT2D eigenvalue weighted by Crippen LogP contribution is -2.44. The number of ether oxygens (including phenoxy) is 2. The summed E-state index contributed by atoms with van der Waals surface area (Å²) in [5.74, 6) is 1.16. The van der Waals surface area contributed by atoms with Crippen molar-refractivity contribution < 1.29 is 9.47 Å².